The predicted octanol–water partition coefficient (Wildman–Crippen LogP) is 1.55. The van der Waals surface area contributed by atoms with E-state index in [1.807, 2.05) is 4.90 Å². The number of carbonyl (C=O) groups is 2. The first-order chi connectivity index (χ1) is 13.2. The first kappa shape index (κ1) is 19.8. The zero-order valence-corrected chi connectivity index (χ0v) is 16.2. The Morgan fingerprint density at radius 3 is 2.74 bits per heavy atom. The summed E-state index contributed by atoms with van der Waals surface area (Å²) in [5.74, 6) is -0.298. The van der Waals surface area contributed by atoms with Crippen LogP contribution in [-0.2, 0) is 4.74 Å². The van der Waals surface area contributed by atoms with Gasteiger partial charge in [-0.1, -0.05) is 13.0 Å². The molecule has 0 bridgehead atoms. The van der Waals surface area contributed by atoms with Gasteiger partial charge in [-0.2, -0.15) is 0 Å². The highest BCUT2D eigenvalue weighted by atomic mass is 16.5. The zero-order chi connectivity index (χ0) is 19.1. The third kappa shape index (κ3) is 5.26. The van der Waals surface area contributed by atoms with Crippen molar-refractivity contribution in [3.63, 3.8) is 0 Å². The first-order valence-corrected chi connectivity index (χ1v) is 10.1. The van der Waals surface area contributed by atoms with Crippen molar-refractivity contribution in [3.8, 4) is 0 Å². The van der Waals surface area contributed by atoms with Gasteiger partial charge in [0.1, 0.15) is 11.4 Å². The Bertz CT molecular complexity index is 646. The smallest absolute Gasteiger partial charge is 0.272 e. The molecule has 1 aromatic heterocycles. The van der Waals surface area contributed by atoms with E-state index in [1.165, 1.54) is 6.42 Å². The van der Waals surface area contributed by atoms with Crippen LogP contribution in [0.1, 0.15) is 53.6 Å². The molecule has 27 heavy (non-hydrogen) atoms. The van der Waals surface area contributed by atoms with Gasteiger partial charge in [-0.15, -0.1) is 0 Å². The number of piperidine rings is 1. The molecule has 7 heteroatoms. The van der Waals surface area contributed by atoms with E-state index in [0.29, 0.717) is 17.9 Å². The van der Waals surface area contributed by atoms with Gasteiger partial charge in [-0.25, -0.2) is 4.98 Å². The van der Waals surface area contributed by atoms with Gasteiger partial charge >= 0.3 is 0 Å². The van der Waals surface area contributed by atoms with Crippen LogP contribution in [0.25, 0.3) is 0 Å². The van der Waals surface area contributed by atoms with E-state index in [9.17, 15) is 9.59 Å². The molecule has 7 nitrogen and oxygen atoms in total. The Labute approximate surface area is 161 Å². The Hall–Kier alpha value is -1.99. The van der Waals surface area contributed by atoms with Gasteiger partial charge < -0.3 is 15.0 Å². The van der Waals surface area contributed by atoms with E-state index in [-0.39, 0.29) is 17.9 Å². The topological polar surface area (TPSA) is 74.8 Å². The maximum Gasteiger partial charge on any atom is 0.272 e. The fraction of sp³-hybridized carbons (Fsp3) is 0.650. The van der Waals surface area contributed by atoms with Crippen molar-refractivity contribution in [1.29, 1.82) is 0 Å². The summed E-state index contributed by atoms with van der Waals surface area (Å²) in [5, 5.41) is 2.90. The number of nitrogens with one attached hydrogen (secondary N) is 1. The molecule has 0 saturated carbocycles. The molecule has 2 saturated heterocycles. The van der Waals surface area contributed by atoms with E-state index in [4.69, 9.17) is 4.74 Å². The molecule has 0 aliphatic carbocycles. The molecular formula is C20H30N4O3. The van der Waals surface area contributed by atoms with Crippen LogP contribution < -0.4 is 5.32 Å². The van der Waals surface area contributed by atoms with E-state index in [1.54, 1.807) is 18.2 Å². The number of morpholine rings is 1. The fourth-order valence-electron chi connectivity index (χ4n) is 3.76. The summed E-state index contributed by atoms with van der Waals surface area (Å²) in [7, 11) is 0. The number of ether oxygens (including phenoxy) is 1. The summed E-state index contributed by atoms with van der Waals surface area (Å²) in [6, 6.07) is 5.38. The van der Waals surface area contributed by atoms with Crippen LogP contribution in [-0.4, -0.2) is 78.6 Å². The number of pyridine rings is 1. The summed E-state index contributed by atoms with van der Waals surface area (Å²) >= 11 is 0. The maximum absolute atomic E-state index is 12.9. The lowest BCUT2D eigenvalue weighted by atomic mass is 9.99. The molecule has 3 rings (SSSR count). The average molecular weight is 374 g/mol. The third-order valence-corrected chi connectivity index (χ3v) is 5.38. The van der Waals surface area contributed by atoms with Gasteiger partial charge in [0, 0.05) is 38.8 Å². The van der Waals surface area contributed by atoms with Crippen LogP contribution in [0.15, 0.2) is 18.2 Å². The molecule has 2 amide bonds. The van der Waals surface area contributed by atoms with Crippen molar-refractivity contribution in [2.24, 2.45) is 0 Å². The quantitative estimate of drug-likeness (QED) is 0.818. The van der Waals surface area contributed by atoms with E-state index in [2.05, 4.69) is 22.1 Å². The lowest BCUT2D eigenvalue weighted by molar-refractivity contribution is 0.0383. The van der Waals surface area contributed by atoms with Crippen molar-refractivity contribution in [1.82, 2.24) is 20.1 Å². The van der Waals surface area contributed by atoms with Gasteiger partial charge in [0.25, 0.3) is 11.8 Å². The molecule has 0 aromatic carbocycles. The van der Waals surface area contributed by atoms with Crippen LogP contribution in [0.5, 0.6) is 0 Å². The second-order valence-corrected chi connectivity index (χ2v) is 7.17. The maximum atomic E-state index is 12.9. The Kier molecular flexibility index (Phi) is 7.18. The summed E-state index contributed by atoms with van der Waals surface area (Å²) in [6.45, 7) is 7.52. The van der Waals surface area contributed by atoms with Crippen molar-refractivity contribution < 1.29 is 14.3 Å². The molecular weight excluding hydrogens is 344 g/mol. The molecule has 2 aliphatic rings. The molecule has 2 fully saturated rings. The Morgan fingerprint density at radius 1 is 1.19 bits per heavy atom. The van der Waals surface area contributed by atoms with Crippen LogP contribution in [0.2, 0.25) is 0 Å². The number of hydrogen-bond acceptors (Lipinski definition) is 5. The molecule has 0 spiro atoms. The zero-order valence-electron chi connectivity index (χ0n) is 16.2. The van der Waals surface area contributed by atoms with Gasteiger partial charge in [-0.05, 0) is 37.8 Å². The molecule has 0 radical (unpaired) electrons. The molecule has 148 valence electrons. The summed E-state index contributed by atoms with van der Waals surface area (Å²) in [4.78, 5) is 33.8. The number of carbonyl (C=O) groups excluding carboxylic acids is 2. The number of aromatic nitrogens is 1. The highest BCUT2D eigenvalue weighted by Gasteiger charge is 2.27. The number of rotatable bonds is 6. The average Bonchev–Trinajstić information content (AvgIpc) is 2.74. The normalized spacial score (nSPS) is 21.1. The SMILES string of the molecule is CCC1CCCCN1C(=O)c1cccc(C(=O)NCCN2CCOCC2)n1. The number of nitrogens with zero attached hydrogens (tertiary/aromatic N) is 3. The van der Waals surface area contributed by atoms with E-state index in [0.717, 1.165) is 58.7 Å². The van der Waals surface area contributed by atoms with Crippen LogP contribution in [0.3, 0.4) is 0 Å². The summed E-state index contributed by atoms with van der Waals surface area (Å²) in [5.41, 5.74) is 0.657. The van der Waals surface area contributed by atoms with E-state index >= 15 is 0 Å². The number of hydrogen-bond donors (Lipinski definition) is 1. The van der Waals surface area contributed by atoms with Crippen LogP contribution in [0.4, 0.5) is 0 Å². The van der Waals surface area contributed by atoms with Crippen LogP contribution >= 0.6 is 0 Å². The van der Waals surface area contributed by atoms with Gasteiger partial charge in [0.15, 0.2) is 0 Å². The molecule has 2 aliphatic heterocycles. The molecule has 1 atom stereocenters. The monoisotopic (exact) mass is 374 g/mol. The van der Waals surface area contributed by atoms with Crippen molar-refractivity contribution in [2.45, 2.75) is 38.6 Å². The fourth-order valence-corrected chi connectivity index (χ4v) is 3.76. The van der Waals surface area contributed by atoms with Crippen molar-refractivity contribution in [2.75, 3.05) is 45.9 Å². The number of amides is 2. The highest BCUT2D eigenvalue weighted by Crippen LogP contribution is 2.21. The minimum Gasteiger partial charge on any atom is -0.379 e. The van der Waals surface area contributed by atoms with E-state index < -0.39 is 0 Å². The van der Waals surface area contributed by atoms with Crippen molar-refractivity contribution >= 4 is 11.8 Å². The lowest BCUT2D eigenvalue weighted by Gasteiger charge is -2.35. The number of likely N-dealkylation sites (tertiary alicyclic amines) is 1. The first-order valence-electron chi connectivity index (χ1n) is 10.1. The summed E-state index contributed by atoms with van der Waals surface area (Å²) < 4.78 is 5.32. The molecule has 1 aromatic rings. The molecule has 1 unspecified atom stereocenters. The van der Waals surface area contributed by atoms with Crippen LogP contribution in [0, 0.1) is 0 Å². The predicted molar refractivity (Wildman–Crippen MR) is 103 cm³/mol. The largest absolute Gasteiger partial charge is 0.379 e. The van der Waals surface area contributed by atoms with Gasteiger partial charge in [0.05, 0.1) is 13.2 Å². The van der Waals surface area contributed by atoms with Gasteiger partial charge in [-0.3, -0.25) is 14.5 Å². The van der Waals surface area contributed by atoms with Crippen molar-refractivity contribution in [3.05, 3.63) is 29.6 Å². The molecule has 1 N–H and O–H groups in total. The highest BCUT2D eigenvalue weighted by molar-refractivity contribution is 5.96. The van der Waals surface area contributed by atoms with Gasteiger partial charge in [0.2, 0.25) is 0 Å². The minimum absolute atomic E-state index is 0.0653. The lowest BCUT2D eigenvalue weighted by Crippen LogP contribution is -2.44. The standard InChI is InChI=1S/C20H30N4O3/c1-2-16-6-3-4-10-24(16)20(26)18-8-5-7-17(22-18)19(25)21-9-11-23-12-14-27-15-13-23/h5,7-8,16H,2-4,6,9-15H2,1H3,(H,21,25). The molecule has 3 heterocycles. The minimum atomic E-state index is -0.233. The second-order valence-electron chi connectivity index (χ2n) is 7.17. The Morgan fingerprint density at radius 2 is 1.96 bits per heavy atom. The Balaban J connectivity index is 1.57. The second kappa shape index (κ2) is 9.80. The third-order valence-electron chi connectivity index (χ3n) is 5.38. The summed E-state index contributed by atoms with van der Waals surface area (Å²) in [6.07, 6.45) is 4.20.